The number of aromatic nitrogens is 4. The van der Waals surface area contributed by atoms with Crippen LogP contribution < -0.4 is 5.32 Å². The molecule has 2 aromatic rings. The van der Waals surface area contributed by atoms with Crippen LogP contribution in [0, 0.1) is 6.92 Å². The van der Waals surface area contributed by atoms with E-state index in [2.05, 4.69) is 15.5 Å². The number of carbonyl (C=O) groups excluding carboxylic acids is 1. The van der Waals surface area contributed by atoms with Gasteiger partial charge in [0.25, 0.3) is 0 Å². The highest BCUT2D eigenvalue weighted by Crippen LogP contribution is 2.04. The number of carbonyl (C=O) groups is 1. The smallest absolute Gasteiger partial charge is 0.221 e. The molecule has 2 heterocycles. The summed E-state index contributed by atoms with van der Waals surface area (Å²) in [5, 5.41) is 11.7. The number of aryl methyl sites for hydroxylation is 3. The minimum atomic E-state index is 0.0386. The van der Waals surface area contributed by atoms with Crippen LogP contribution in [0.1, 0.15) is 18.4 Å². The van der Waals surface area contributed by atoms with Crippen molar-refractivity contribution in [3.05, 3.63) is 35.4 Å². The van der Waals surface area contributed by atoms with E-state index in [0.717, 1.165) is 18.5 Å². The number of rotatable bonds is 7. The van der Waals surface area contributed by atoms with Crippen molar-refractivity contribution in [1.82, 2.24) is 24.9 Å². The van der Waals surface area contributed by atoms with E-state index in [1.54, 1.807) is 28.0 Å². The number of nitrogens with zero attached hydrogens (tertiary/aromatic N) is 4. The molecule has 2 rings (SSSR count). The fourth-order valence-electron chi connectivity index (χ4n) is 1.82. The van der Waals surface area contributed by atoms with Crippen molar-refractivity contribution in [2.75, 3.05) is 6.54 Å². The normalized spacial score (nSPS) is 10.7. The zero-order chi connectivity index (χ0) is 14.4. The molecule has 0 spiro atoms. The predicted molar refractivity (Wildman–Crippen MR) is 76.4 cm³/mol. The number of amides is 1. The van der Waals surface area contributed by atoms with E-state index in [-0.39, 0.29) is 5.91 Å². The summed E-state index contributed by atoms with van der Waals surface area (Å²) in [7, 11) is 0. The second-order valence-electron chi connectivity index (χ2n) is 4.66. The van der Waals surface area contributed by atoms with Crippen LogP contribution in [0.4, 0.5) is 0 Å². The van der Waals surface area contributed by atoms with Gasteiger partial charge < -0.3 is 5.32 Å². The lowest BCUT2D eigenvalue weighted by Crippen LogP contribution is -2.26. The van der Waals surface area contributed by atoms with Crippen LogP contribution in [0.3, 0.4) is 0 Å². The maximum atomic E-state index is 11.6. The van der Waals surface area contributed by atoms with Crippen LogP contribution in [0.15, 0.2) is 24.8 Å². The van der Waals surface area contributed by atoms with Gasteiger partial charge in [-0.15, -0.1) is 0 Å². The molecule has 1 N–H and O–H groups in total. The Bertz CT molecular complexity index is 563. The molecule has 0 bridgehead atoms. The van der Waals surface area contributed by atoms with Crippen molar-refractivity contribution < 1.29 is 4.79 Å². The lowest BCUT2D eigenvalue weighted by Gasteiger charge is -2.05. The zero-order valence-corrected chi connectivity index (χ0v) is 12.2. The second kappa shape index (κ2) is 7.09. The largest absolute Gasteiger partial charge is 0.356 e. The van der Waals surface area contributed by atoms with Gasteiger partial charge in [-0.05, 0) is 18.9 Å². The molecule has 0 fully saturated rings. The van der Waals surface area contributed by atoms with Gasteiger partial charge in [0.15, 0.2) is 0 Å². The lowest BCUT2D eigenvalue weighted by atomic mass is 10.3. The van der Waals surface area contributed by atoms with E-state index >= 15 is 0 Å². The SMILES string of the molecule is Cc1cnn(CCC(=O)NCCCn2cc(Cl)cn2)c1. The summed E-state index contributed by atoms with van der Waals surface area (Å²) < 4.78 is 3.54. The maximum absolute atomic E-state index is 11.6. The van der Waals surface area contributed by atoms with E-state index < -0.39 is 0 Å². The fraction of sp³-hybridized carbons (Fsp3) is 0.462. The van der Waals surface area contributed by atoms with Gasteiger partial charge in [-0.2, -0.15) is 10.2 Å². The van der Waals surface area contributed by atoms with Crippen molar-refractivity contribution >= 4 is 17.5 Å². The summed E-state index contributed by atoms with van der Waals surface area (Å²) in [6.45, 7) is 3.96. The summed E-state index contributed by atoms with van der Waals surface area (Å²) in [5.74, 6) is 0.0386. The molecule has 1 amide bonds. The molecule has 0 saturated heterocycles. The molecule has 2 aromatic heterocycles. The molecule has 0 saturated carbocycles. The number of nitrogens with one attached hydrogen (secondary N) is 1. The third kappa shape index (κ3) is 4.70. The Morgan fingerprint density at radius 2 is 2.00 bits per heavy atom. The minimum Gasteiger partial charge on any atom is -0.356 e. The molecule has 0 radical (unpaired) electrons. The molecule has 6 nitrogen and oxygen atoms in total. The first-order chi connectivity index (χ1) is 9.63. The number of hydrogen-bond acceptors (Lipinski definition) is 3. The highest BCUT2D eigenvalue weighted by Gasteiger charge is 2.02. The van der Waals surface area contributed by atoms with Gasteiger partial charge in [-0.3, -0.25) is 14.2 Å². The highest BCUT2D eigenvalue weighted by molar-refractivity contribution is 6.30. The lowest BCUT2D eigenvalue weighted by molar-refractivity contribution is -0.121. The molecule has 0 aliphatic heterocycles. The molecule has 20 heavy (non-hydrogen) atoms. The van der Waals surface area contributed by atoms with Gasteiger partial charge in [-0.25, -0.2) is 0 Å². The fourth-order valence-corrected chi connectivity index (χ4v) is 1.98. The second-order valence-corrected chi connectivity index (χ2v) is 5.09. The van der Waals surface area contributed by atoms with Crippen LogP contribution in [0.5, 0.6) is 0 Å². The molecule has 0 atom stereocenters. The topological polar surface area (TPSA) is 64.7 Å². The minimum absolute atomic E-state index is 0.0386. The van der Waals surface area contributed by atoms with Crippen LogP contribution in [0.25, 0.3) is 0 Å². The molecular weight excluding hydrogens is 278 g/mol. The summed E-state index contributed by atoms with van der Waals surface area (Å²) in [6, 6.07) is 0. The summed E-state index contributed by atoms with van der Waals surface area (Å²) in [6.07, 6.45) is 8.34. The van der Waals surface area contributed by atoms with E-state index in [4.69, 9.17) is 11.6 Å². The predicted octanol–water partition coefficient (Wildman–Crippen LogP) is 1.64. The van der Waals surface area contributed by atoms with Crippen LogP contribution in [-0.4, -0.2) is 32.0 Å². The van der Waals surface area contributed by atoms with Crippen molar-refractivity contribution in [3.8, 4) is 0 Å². The van der Waals surface area contributed by atoms with Gasteiger partial charge in [-0.1, -0.05) is 11.6 Å². The number of halogens is 1. The van der Waals surface area contributed by atoms with Crippen LogP contribution in [0.2, 0.25) is 5.02 Å². The van der Waals surface area contributed by atoms with Gasteiger partial charge in [0.1, 0.15) is 0 Å². The quantitative estimate of drug-likeness (QED) is 0.790. The van der Waals surface area contributed by atoms with Crippen molar-refractivity contribution in [3.63, 3.8) is 0 Å². The molecule has 7 heteroatoms. The van der Waals surface area contributed by atoms with E-state index in [1.807, 2.05) is 13.1 Å². The zero-order valence-electron chi connectivity index (χ0n) is 11.4. The Morgan fingerprint density at radius 1 is 1.25 bits per heavy atom. The Kier molecular flexibility index (Phi) is 5.17. The van der Waals surface area contributed by atoms with Crippen LogP contribution >= 0.6 is 11.6 Å². The Morgan fingerprint density at radius 3 is 2.65 bits per heavy atom. The number of hydrogen-bond donors (Lipinski definition) is 1. The van der Waals surface area contributed by atoms with Crippen molar-refractivity contribution in [2.45, 2.75) is 32.9 Å². The van der Waals surface area contributed by atoms with Gasteiger partial charge >= 0.3 is 0 Å². The Labute approximate surface area is 122 Å². The third-order valence-corrected chi connectivity index (χ3v) is 3.01. The average Bonchev–Trinajstić information content (AvgIpc) is 3.01. The van der Waals surface area contributed by atoms with E-state index in [9.17, 15) is 4.79 Å². The maximum Gasteiger partial charge on any atom is 0.221 e. The Balaban J connectivity index is 1.58. The first kappa shape index (κ1) is 14.6. The first-order valence-corrected chi connectivity index (χ1v) is 6.95. The summed E-state index contributed by atoms with van der Waals surface area (Å²) >= 11 is 5.76. The summed E-state index contributed by atoms with van der Waals surface area (Å²) in [4.78, 5) is 11.6. The molecule has 0 unspecified atom stereocenters. The standard InChI is InChI=1S/C13H18ClN5O/c1-11-7-16-19(9-11)6-3-13(20)15-4-2-5-18-10-12(14)8-17-18/h7-10H,2-6H2,1H3,(H,15,20). The first-order valence-electron chi connectivity index (χ1n) is 6.57. The van der Waals surface area contributed by atoms with E-state index in [1.165, 1.54) is 0 Å². The molecule has 0 aromatic carbocycles. The third-order valence-electron chi connectivity index (χ3n) is 2.82. The Hall–Kier alpha value is -1.82. The van der Waals surface area contributed by atoms with Gasteiger partial charge in [0.2, 0.25) is 5.91 Å². The molecule has 0 aliphatic rings. The van der Waals surface area contributed by atoms with E-state index in [0.29, 0.717) is 24.5 Å². The highest BCUT2D eigenvalue weighted by atomic mass is 35.5. The molecule has 108 valence electrons. The van der Waals surface area contributed by atoms with Crippen molar-refractivity contribution in [1.29, 1.82) is 0 Å². The molecule has 0 aliphatic carbocycles. The van der Waals surface area contributed by atoms with Crippen molar-refractivity contribution in [2.24, 2.45) is 0 Å². The van der Waals surface area contributed by atoms with Crippen LogP contribution in [-0.2, 0) is 17.9 Å². The summed E-state index contributed by atoms with van der Waals surface area (Å²) in [5.41, 5.74) is 1.10. The average molecular weight is 296 g/mol. The molecular formula is C13H18ClN5O. The van der Waals surface area contributed by atoms with Gasteiger partial charge in [0.05, 0.1) is 17.4 Å². The monoisotopic (exact) mass is 295 g/mol. The van der Waals surface area contributed by atoms with Gasteiger partial charge in [0, 0.05) is 38.4 Å².